The molecule has 0 spiro atoms. The normalized spacial score (nSPS) is 14.6. The first kappa shape index (κ1) is 21.7. The third kappa shape index (κ3) is 5.39. The van der Waals surface area contributed by atoms with Crippen molar-refractivity contribution in [1.29, 1.82) is 0 Å². The van der Waals surface area contributed by atoms with E-state index in [1.807, 2.05) is 18.2 Å². The van der Waals surface area contributed by atoms with Crippen molar-refractivity contribution in [1.82, 2.24) is 9.80 Å². The van der Waals surface area contributed by atoms with Gasteiger partial charge in [-0.15, -0.1) is 0 Å². The van der Waals surface area contributed by atoms with E-state index in [1.165, 1.54) is 12.1 Å². The van der Waals surface area contributed by atoms with Gasteiger partial charge in [-0.25, -0.2) is 4.39 Å². The lowest BCUT2D eigenvalue weighted by Gasteiger charge is -2.34. The number of nitrogens with zero attached hydrogens (tertiary/aromatic N) is 2. The van der Waals surface area contributed by atoms with Crippen molar-refractivity contribution in [2.75, 3.05) is 26.2 Å². The SMILES string of the molecule is O=C(c1ccc(COc2ccc(F)cc2)o1)N1CCN(Cc2c(Cl)cccc2Cl)CC1. The Morgan fingerprint density at radius 3 is 2.32 bits per heavy atom. The van der Waals surface area contributed by atoms with Gasteiger partial charge >= 0.3 is 0 Å². The number of amides is 1. The van der Waals surface area contributed by atoms with Crippen LogP contribution in [0.25, 0.3) is 0 Å². The largest absolute Gasteiger partial charge is 0.486 e. The van der Waals surface area contributed by atoms with Gasteiger partial charge in [-0.05, 0) is 48.5 Å². The molecule has 2 heterocycles. The number of ether oxygens (including phenoxy) is 1. The van der Waals surface area contributed by atoms with E-state index in [-0.39, 0.29) is 24.1 Å². The second-order valence-corrected chi connectivity index (χ2v) is 8.09. The summed E-state index contributed by atoms with van der Waals surface area (Å²) in [6, 6.07) is 14.6. The van der Waals surface area contributed by atoms with Gasteiger partial charge in [0.2, 0.25) is 0 Å². The molecule has 1 saturated heterocycles. The van der Waals surface area contributed by atoms with E-state index in [9.17, 15) is 9.18 Å². The molecule has 1 aliphatic rings. The molecular formula is C23H21Cl2FN2O3. The number of piperazine rings is 1. The van der Waals surface area contributed by atoms with Gasteiger partial charge in [0.25, 0.3) is 5.91 Å². The molecule has 31 heavy (non-hydrogen) atoms. The first-order valence-corrected chi connectivity index (χ1v) is 10.7. The molecule has 162 valence electrons. The monoisotopic (exact) mass is 462 g/mol. The van der Waals surface area contributed by atoms with Crippen LogP contribution in [0.4, 0.5) is 4.39 Å². The summed E-state index contributed by atoms with van der Waals surface area (Å²) >= 11 is 12.5. The Morgan fingerprint density at radius 1 is 0.968 bits per heavy atom. The number of rotatable bonds is 6. The first-order chi connectivity index (χ1) is 15.0. The van der Waals surface area contributed by atoms with Crippen LogP contribution >= 0.6 is 23.2 Å². The van der Waals surface area contributed by atoms with Gasteiger partial charge in [-0.3, -0.25) is 9.69 Å². The topological polar surface area (TPSA) is 45.9 Å². The second kappa shape index (κ2) is 9.73. The van der Waals surface area contributed by atoms with Crippen molar-refractivity contribution in [2.45, 2.75) is 13.2 Å². The van der Waals surface area contributed by atoms with Crippen LogP contribution < -0.4 is 4.74 Å². The summed E-state index contributed by atoms with van der Waals surface area (Å²) in [5, 5.41) is 1.30. The molecular weight excluding hydrogens is 442 g/mol. The summed E-state index contributed by atoms with van der Waals surface area (Å²) in [6.07, 6.45) is 0. The maximum Gasteiger partial charge on any atom is 0.289 e. The average molecular weight is 463 g/mol. The van der Waals surface area contributed by atoms with E-state index < -0.39 is 0 Å². The second-order valence-electron chi connectivity index (χ2n) is 7.28. The van der Waals surface area contributed by atoms with Crippen molar-refractivity contribution in [3.8, 4) is 5.75 Å². The van der Waals surface area contributed by atoms with Gasteiger partial charge in [0.15, 0.2) is 5.76 Å². The molecule has 2 aromatic carbocycles. The molecule has 0 radical (unpaired) electrons. The highest BCUT2D eigenvalue weighted by Gasteiger charge is 2.25. The molecule has 1 aliphatic heterocycles. The van der Waals surface area contributed by atoms with Crippen LogP contribution in [0.5, 0.6) is 5.75 Å². The molecule has 0 bridgehead atoms. The van der Waals surface area contributed by atoms with Crippen molar-refractivity contribution >= 4 is 29.1 Å². The smallest absolute Gasteiger partial charge is 0.289 e. The fraction of sp³-hybridized carbons (Fsp3) is 0.261. The van der Waals surface area contributed by atoms with Crippen LogP contribution in [0.2, 0.25) is 10.0 Å². The zero-order valence-electron chi connectivity index (χ0n) is 16.7. The van der Waals surface area contributed by atoms with Gasteiger partial charge < -0.3 is 14.1 Å². The Balaban J connectivity index is 1.29. The summed E-state index contributed by atoms with van der Waals surface area (Å²) < 4.78 is 24.2. The minimum absolute atomic E-state index is 0.150. The molecule has 1 aromatic heterocycles. The van der Waals surface area contributed by atoms with E-state index in [4.69, 9.17) is 32.4 Å². The van der Waals surface area contributed by atoms with E-state index in [0.717, 1.165) is 5.56 Å². The summed E-state index contributed by atoms with van der Waals surface area (Å²) in [7, 11) is 0. The summed E-state index contributed by atoms with van der Waals surface area (Å²) in [5.74, 6) is 0.858. The quantitative estimate of drug-likeness (QED) is 0.500. The van der Waals surface area contributed by atoms with E-state index in [0.29, 0.717) is 54.3 Å². The Morgan fingerprint density at radius 2 is 1.65 bits per heavy atom. The Hall–Kier alpha value is -2.54. The highest BCUT2D eigenvalue weighted by molar-refractivity contribution is 6.35. The third-order valence-electron chi connectivity index (χ3n) is 5.17. The first-order valence-electron chi connectivity index (χ1n) is 9.91. The van der Waals surface area contributed by atoms with Gasteiger partial charge in [0.05, 0.1) is 0 Å². The lowest BCUT2D eigenvalue weighted by Crippen LogP contribution is -2.48. The van der Waals surface area contributed by atoms with Crippen LogP contribution in [0, 0.1) is 5.82 Å². The van der Waals surface area contributed by atoms with Crippen LogP contribution in [0.1, 0.15) is 21.9 Å². The standard InChI is InChI=1S/C23H21Cl2FN2O3/c24-20-2-1-3-21(25)19(20)14-27-10-12-28(13-11-27)23(29)22-9-8-18(31-22)15-30-17-6-4-16(26)5-7-17/h1-9H,10-15H2. The molecule has 8 heteroatoms. The maximum absolute atomic E-state index is 13.0. The third-order valence-corrected chi connectivity index (χ3v) is 5.88. The molecule has 1 fully saturated rings. The lowest BCUT2D eigenvalue weighted by molar-refractivity contribution is 0.0594. The molecule has 0 saturated carbocycles. The molecule has 4 rings (SSSR count). The molecule has 0 aliphatic carbocycles. The average Bonchev–Trinajstić information content (AvgIpc) is 3.25. The molecule has 0 unspecified atom stereocenters. The van der Waals surface area contributed by atoms with Gasteiger partial charge in [0, 0.05) is 48.3 Å². The molecule has 3 aromatic rings. The maximum atomic E-state index is 13.0. The summed E-state index contributed by atoms with van der Waals surface area (Å²) in [6.45, 7) is 3.41. The minimum Gasteiger partial charge on any atom is -0.486 e. The lowest BCUT2D eigenvalue weighted by atomic mass is 10.2. The Kier molecular flexibility index (Phi) is 6.80. The fourth-order valence-corrected chi connectivity index (χ4v) is 3.94. The van der Waals surface area contributed by atoms with Crippen molar-refractivity contribution in [2.24, 2.45) is 0 Å². The summed E-state index contributed by atoms with van der Waals surface area (Å²) in [5.41, 5.74) is 0.905. The molecule has 0 atom stereocenters. The van der Waals surface area contributed by atoms with Gasteiger partial charge in [-0.2, -0.15) is 0 Å². The Labute approximate surface area is 189 Å². The van der Waals surface area contributed by atoms with Crippen LogP contribution in [-0.2, 0) is 13.2 Å². The van der Waals surface area contributed by atoms with Crippen molar-refractivity contribution in [3.63, 3.8) is 0 Å². The predicted molar refractivity (Wildman–Crippen MR) is 117 cm³/mol. The number of hydrogen-bond acceptors (Lipinski definition) is 4. The number of carbonyl (C=O) groups is 1. The molecule has 0 N–H and O–H groups in total. The fourth-order valence-electron chi connectivity index (χ4n) is 3.43. The number of furan rings is 1. The van der Waals surface area contributed by atoms with E-state index >= 15 is 0 Å². The molecule has 1 amide bonds. The van der Waals surface area contributed by atoms with Crippen LogP contribution in [0.15, 0.2) is 59.0 Å². The zero-order valence-corrected chi connectivity index (χ0v) is 18.2. The highest BCUT2D eigenvalue weighted by atomic mass is 35.5. The number of halogens is 3. The van der Waals surface area contributed by atoms with Crippen molar-refractivity contribution in [3.05, 3.63) is 87.5 Å². The highest BCUT2D eigenvalue weighted by Crippen LogP contribution is 2.26. The predicted octanol–water partition coefficient (Wildman–Crippen LogP) is 5.26. The number of hydrogen-bond donors (Lipinski definition) is 0. The zero-order chi connectivity index (χ0) is 21.8. The van der Waals surface area contributed by atoms with Crippen LogP contribution in [0.3, 0.4) is 0 Å². The van der Waals surface area contributed by atoms with Crippen LogP contribution in [-0.4, -0.2) is 41.9 Å². The minimum atomic E-state index is -0.326. The van der Waals surface area contributed by atoms with Gasteiger partial charge in [-0.1, -0.05) is 29.3 Å². The number of benzene rings is 2. The Bertz CT molecular complexity index is 1030. The van der Waals surface area contributed by atoms with Gasteiger partial charge in [0.1, 0.15) is 23.9 Å². The van der Waals surface area contributed by atoms with Crippen molar-refractivity contribution < 1.29 is 18.3 Å². The summed E-state index contributed by atoms with van der Waals surface area (Å²) in [4.78, 5) is 16.8. The molecule has 5 nitrogen and oxygen atoms in total. The van der Waals surface area contributed by atoms with E-state index in [2.05, 4.69) is 4.90 Å². The number of carbonyl (C=O) groups excluding carboxylic acids is 1. The van der Waals surface area contributed by atoms with E-state index in [1.54, 1.807) is 29.2 Å².